The van der Waals surface area contributed by atoms with Gasteiger partial charge in [-0.1, -0.05) is 24.3 Å². The van der Waals surface area contributed by atoms with Crippen LogP contribution in [-0.2, 0) is 24.9 Å². The van der Waals surface area contributed by atoms with Gasteiger partial charge in [-0.2, -0.15) is 5.10 Å². The molecule has 2 aliphatic rings. The lowest BCUT2D eigenvalue weighted by Gasteiger charge is -2.42. The Morgan fingerprint density at radius 1 is 1.26 bits per heavy atom. The lowest BCUT2D eigenvalue weighted by molar-refractivity contribution is 0.0414. The average molecular weight is 311 g/mol. The van der Waals surface area contributed by atoms with Crippen LogP contribution in [0.15, 0.2) is 36.7 Å². The first kappa shape index (κ1) is 14.9. The van der Waals surface area contributed by atoms with Crippen LogP contribution in [0.2, 0.25) is 0 Å². The number of hydrogen-bond acceptors (Lipinski definition) is 3. The zero-order chi connectivity index (χ0) is 15.9. The summed E-state index contributed by atoms with van der Waals surface area (Å²) in [7, 11) is 0. The Morgan fingerprint density at radius 2 is 2.04 bits per heavy atom. The normalized spacial score (nSPS) is 23.3. The molecule has 23 heavy (non-hydrogen) atoms. The van der Waals surface area contributed by atoms with Gasteiger partial charge in [0.15, 0.2) is 0 Å². The molecule has 1 aromatic carbocycles. The van der Waals surface area contributed by atoms with E-state index < -0.39 is 0 Å². The van der Waals surface area contributed by atoms with Crippen molar-refractivity contribution >= 4 is 0 Å². The molecule has 1 fully saturated rings. The third-order valence-corrected chi connectivity index (χ3v) is 5.77. The van der Waals surface area contributed by atoms with Crippen molar-refractivity contribution in [3.05, 3.63) is 53.3 Å². The van der Waals surface area contributed by atoms with E-state index in [2.05, 4.69) is 47.4 Å². The highest BCUT2D eigenvalue weighted by Gasteiger charge is 2.47. The molecule has 122 valence electrons. The Bertz CT molecular complexity index is 685. The Hall–Kier alpha value is -1.65. The molecule has 0 radical (unpaired) electrons. The van der Waals surface area contributed by atoms with Gasteiger partial charge in [0.2, 0.25) is 0 Å². The molecule has 1 atom stereocenters. The average Bonchev–Trinajstić information content (AvgIpc) is 3.13. The molecule has 2 aromatic rings. The Balaban J connectivity index is 1.46. The highest BCUT2D eigenvalue weighted by molar-refractivity contribution is 5.42. The second-order valence-corrected chi connectivity index (χ2v) is 7.01. The largest absolute Gasteiger partial charge is 0.392 e. The van der Waals surface area contributed by atoms with Crippen molar-refractivity contribution in [2.75, 3.05) is 13.1 Å². The van der Waals surface area contributed by atoms with Crippen LogP contribution in [0.1, 0.15) is 36.5 Å². The fourth-order valence-corrected chi connectivity index (χ4v) is 4.40. The number of rotatable bonds is 3. The molecule has 1 aromatic heterocycles. The molecule has 1 saturated heterocycles. The standard InChI is InChI=1S/C19H25N3O/c1-2-22-14-15(12-20-22)13-21-9-7-19(8-10-21)17-6-4-3-5-16(17)11-18(19)23/h3-6,12,14,18,23H,2,7-11,13H2,1H3/t18-/m0/s1. The molecule has 0 amide bonds. The number of nitrogens with zero attached hydrogens (tertiary/aromatic N) is 3. The first-order valence-corrected chi connectivity index (χ1v) is 8.71. The van der Waals surface area contributed by atoms with Gasteiger partial charge in [-0.25, -0.2) is 0 Å². The second kappa shape index (κ2) is 5.77. The van der Waals surface area contributed by atoms with E-state index in [0.717, 1.165) is 45.4 Å². The molecule has 1 aliphatic heterocycles. The Kier molecular flexibility index (Phi) is 3.74. The minimum absolute atomic E-state index is 0.0132. The number of fused-ring (bicyclic) bond motifs is 2. The summed E-state index contributed by atoms with van der Waals surface area (Å²) in [5.74, 6) is 0. The Morgan fingerprint density at radius 3 is 2.78 bits per heavy atom. The molecule has 1 N–H and O–H groups in total. The molecular weight excluding hydrogens is 286 g/mol. The topological polar surface area (TPSA) is 41.3 Å². The third kappa shape index (κ3) is 2.50. The molecule has 0 unspecified atom stereocenters. The van der Waals surface area contributed by atoms with Gasteiger partial charge < -0.3 is 5.11 Å². The summed E-state index contributed by atoms with van der Waals surface area (Å²) in [6.45, 7) is 6.09. The van der Waals surface area contributed by atoms with Gasteiger partial charge >= 0.3 is 0 Å². The number of likely N-dealkylation sites (tertiary alicyclic amines) is 1. The maximum absolute atomic E-state index is 10.7. The maximum Gasteiger partial charge on any atom is 0.0678 e. The highest BCUT2D eigenvalue weighted by Crippen LogP contribution is 2.46. The van der Waals surface area contributed by atoms with Gasteiger partial charge in [-0.3, -0.25) is 9.58 Å². The smallest absolute Gasteiger partial charge is 0.0678 e. The number of aromatic nitrogens is 2. The first-order chi connectivity index (χ1) is 11.2. The van der Waals surface area contributed by atoms with Crippen LogP contribution in [-0.4, -0.2) is 39.0 Å². The zero-order valence-corrected chi connectivity index (χ0v) is 13.8. The predicted octanol–water partition coefficient (Wildman–Crippen LogP) is 2.35. The number of aryl methyl sites for hydroxylation is 1. The highest BCUT2D eigenvalue weighted by atomic mass is 16.3. The minimum atomic E-state index is -0.218. The lowest BCUT2D eigenvalue weighted by Crippen LogP contribution is -2.47. The fourth-order valence-electron chi connectivity index (χ4n) is 4.40. The van der Waals surface area contributed by atoms with Crippen molar-refractivity contribution in [2.45, 2.75) is 50.8 Å². The van der Waals surface area contributed by atoms with E-state index >= 15 is 0 Å². The molecule has 4 rings (SSSR count). The van der Waals surface area contributed by atoms with E-state index in [-0.39, 0.29) is 11.5 Å². The SMILES string of the molecule is CCn1cc(CN2CCC3(CC2)c2ccccc2C[C@@H]3O)cn1. The zero-order valence-electron chi connectivity index (χ0n) is 13.8. The van der Waals surface area contributed by atoms with Crippen LogP contribution in [0.4, 0.5) is 0 Å². The summed E-state index contributed by atoms with van der Waals surface area (Å²) in [5, 5.41) is 15.1. The number of benzene rings is 1. The summed E-state index contributed by atoms with van der Waals surface area (Å²) >= 11 is 0. The van der Waals surface area contributed by atoms with Crippen molar-refractivity contribution in [3.63, 3.8) is 0 Å². The molecule has 1 spiro atoms. The maximum atomic E-state index is 10.7. The van der Waals surface area contributed by atoms with Gasteiger partial charge in [-0.05, 0) is 50.4 Å². The Labute approximate surface area is 137 Å². The lowest BCUT2D eigenvalue weighted by atomic mass is 9.72. The van der Waals surface area contributed by atoms with Crippen molar-refractivity contribution < 1.29 is 5.11 Å². The van der Waals surface area contributed by atoms with E-state index in [1.807, 2.05) is 10.9 Å². The molecule has 4 nitrogen and oxygen atoms in total. The summed E-state index contributed by atoms with van der Waals surface area (Å²) in [5.41, 5.74) is 4.01. The molecular formula is C19H25N3O. The summed E-state index contributed by atoms with van der Waals surface area (Å²) in [6, 6.07) is 8.61. The van der Waals surface area contributed by atoms with Gasteiger partial charge in [0.25, 0.3) is 0 Å². The van der Waals surface area contributed by atoms with E-state index in [0.29, 0.717) is 0 Å². The van der Waals surface area contributed by atoms with Gasteiger partial charge in [0.05, 0.1) is 12.3 Å². The number of hydrogen-bond donors (Lipinski definition) is 1. The quantitative estimate of drug-likeness (QED) is 0.946. The van der Waals surface area contributed by atoms with Crippen LogP contribution < -0.4 is 0 Å². The van der Waals surface area contributed by atoms with Crippen LogP contribution in [0.25, 0.3) is 0 Å². The molecule has 1 aliphatic carbocycles. The van der Waals surface area contributed by atoms with Crippen molar-refractivity contribution in [1.29, 1.82) is 0 Å². The van der Waals surface area contributed by atoms with Gasteiger partial charge in [0.1, 0.15) is 0 Å². The van der Waals surface area contributed by atoms with E-state index in [4.69, 9.17) is 0 Å². The summed E-state index contributed by atoms with van der Waals surface area (Å²) < 4.78 is 1.98. The van der Waals surface area contributed by atoms with Gasteiger partial charge in [-0.15, -0.1) is 0 Å². The number of aliphatic hydroxyl groups is 1. The molecule has 4 heteroatoms. The monoisotopic (exact) mass is 311 g/mol. The minimum Gasteiger partial charge on any atom is -0.392 e. The molecule has 0 saturated carbocycles. The van der Waals surface area contributed by atoms with Crippen molar-refractivity contribution in [1.82, 2.24) is 14.7 Å². The van der Waals surface area contributed by atoms with Crippen molar-refractivity contribution in [2.24, 2.45) is 0 Å². The molecule has 0 bridgehead atoms. The third-order valence-electron chi connectivity index (χ3n) is 5.77. The summed E-state index contributed by atoms with van der Waals surface area (Å²) in [4.78, 5) is 2.50. The van der Waals surface area contributed by atoms with Crippen molar-refractivity contribution in [3.8, 4) is 0 Å². The second-order valence-electron chi connectivity index (χ2n) is 7.01. The van der Waals surface area contributed by atoms with E-state index in [9.17, 15) is 5.11 Å². The fraction of sp³-hybridized carbons (Fsp3) is 0.526. The van der Waals surface area contributed by atoms with Crippen LogP contribution in [0.3, 0.4) is 0 Å². The summed E-state index contributed by atoms with van der Waals surface area (Å²) in [6.07, 6.45) is 6.82. The first-order valence-electron chi connectivity index (χ1n) is 8.71. The van der Waals surface area contributed by atoms with E-state index in [1.54, 1.807) is 0 Å². The molecule has 2 heterocycles. The van der Waals surface area contributed by atoms with Crippen LogP contribution >= 0.6 is 0 Å². The van der Waals surface area contributed by atoms with Gasteiger partial charge in [0, 0.05) is 30.3 Å². The van der Waals surface area contributed by atoms with Crippen LogP contribution in [0.5, 0.6) is 0 Å². The predicted molar refractivity (Wildman–Crippen MR) is 90.2 cm³/mol. The number of aliphatic hydroxyl groups excluding tert-OH is 1. The van der Waals surface area contributed by atoms with Crippen LogP contribution in [0, 0.1) is 0 Å². The van der Waals surface area contributed by atoms with E-state index in [1.165, 1.54) is 16.7 Å². The number of piperidine rings is 1.